The predicted molar refractivity (Wildman–Crippen MR) is 101 cm³/mol. The van der Waals surface area contributed by atoms with Crippen molar-refractivity contribution in [1.29, 1.82) is 0 Å². The molecule has 2 aromatic rings. The molecule has 0 unspecified atom stereocenters. The molecule has 1 fully saturated rings. The first-order valence-electron chi connectivity index (χ1n) is 9.24. The highest BCUT2D eigenvalue weighted by Crippen LogP contribution is 2.24. The second-order valence-electron chi connectivity index (χ2n) is 6.82. The van der Waals surface area contributed by atoms with Crippen molar-refractivity contribution in [3.8, 4) is 0 Å². The van der Waals surface area contributed by atoms with E-state index in [1.165, 1.54) is 0 Å². The lowest BCUT2D eigenvalue weighted by atomic mass is 9.96. The molecule has 1 aliphatic heterocycles. The van der Waals surface area contributed by atoms with E-state index in [9.17, 15) is 4.79 Å². The molecule has 0 saturated carbocycles. The summed E-state index contributed by atoms with van der Waals surface area (Å²) in [5.74, 6) is 3.01. The number of piperidine rings is 1. The van der Waals surface area contributed by atoms with Crippen LogP contribution in [0.1, 0.15) is 30.3 Å². The molecule has 9 heteroatoms. The second-order valence-corrected chi connectivity index (χ2v) is 6.82. The van der Waals surface area contributed by atoms with Gasteiger partial charge in [0.2, 0.25) is 5.91 Å². The third-order valence-corrected chi connectivity index (χ3v) is 4.71. The van der Waals surface area contributed by atoms with E-state index in [1.54, 1.807) is 31.6 Å². The van der Waals surface area contributed by atoms with Crippen molar-refractivity contribution >= 4 is 11.9 Å². The smallest absolute Gasteiger partial charge is 0.243 e. The van der Waals surface area contributed by atoms with Crippen LogP contribution < -0.4 is 5.32 Å². The van der Waals surface area contributed by atoms with Gasteiger partial charge in [0.25, 0.3) is 0 Å². The molecule has 3 heterocycles. The molecule has 1 aliphatic rings. The minimum atomic E-state index is -0.0168. The zero-order valence-electron chi connectivity index (χ0n) is 15.9. The van der Waals surface area contributed by atoms with Gasteiger partial charge in [-0.25, -0.2) is 9.98 Å². The zero-order chi connectivity index (χ0) is 19.1. The number of rotatable bonds is 6. The first-order valence-corrected chi connectivity index (χ1v) is 9.24. The van der Waals surface area contributed by atoms with Gasteiger partial charge in [-0.15, -0.1) is 0 Å². The Hall–Kier alpha value is -2.84. The van der Waals surface area contributed by atoms with Gasteiger partial charge >= 0.3 is 0 Å². The van der Waals surface area contributed by atoms with E-state index in [0.717, 1.165) is 49.9 Å². The van der Waals surface area contributed by atoms with Crippen LogP contribution in [0, 0.1) is 0 Å². The summed E-state index contributed by atoms with van der Waals surface area (Å²) in [5.41, 5.74) is 0. The third-order valence-electron chi connectivity index (χ3n) is 4.71. The van der Waals surface area contributed by atoms with E-state index < -0.39 is 0 Å². The third kappa shape index (κ3) is 5.32. The monoisotopic (exact) mass is 373 g/mol. The molecule has 0 spiro atoms. The molecule has 0 bridgehead atoms. The molecular formula is C18H27N7O2. The van der Waals surface area contributed by atoms with E-state index >= 15 is 0 Å². The van der Waals surface area contributed by atoms with Crippen LogP contribution in [0.15, 0.2) is 34.1 Å². The van der Waals surface area contributed by atoms with Crippen LogP contribution in [-0.2, 0) is 11.2 Å². The first kappa shape index (κ1) is 18.9. The Bertz CT molecular complexity index is 717. The van der Waals surface area contributed by atoms with Crippen LogP contribution in [-0.4, -0.2) is 77.1 Å². The molecule has 2 N–H and O–H groups in total. The Labute approximate surface area is 158 Å². The molecule has 2 aromatic heterocycles. The topological polar surface area (TPSA) is 103 Å². The number of furan rings is 1. The SMILES string of the molecule is CN(C)C(=O)CN=C(NCCc1ccco1)N1CCC(c2ncn[nH]2)CC1. The molecular weight excluding hydrogens is 346 g/mol. The maximum absolute atomic E-state index is 11.9. The first-order chi connectivity index (χ1) is 13.1. The van der Waals surface area contributed by atoms with Crippen LogP contribution in [0.25, 0.3) is 0 Å². The fraction of sp³-hybridized carbons (Fsp3) is 0.556. The normalized spacial score (nSPS) is 15.8. The number of nitrogens with zero attached hydrogens (tertiary/aromatic N) is 5. The summed E-state index contributed by atoms with van der Waals surface area (Å²) in [6.07, 6.45) is 5.93. The molecule has 9 nitrogen and oxygen atoms in total. The lowest BCUT2D eigenvalue weighted by Gasteiger charge is -2.33. The summed E-state index contributed by atoms with van der Waals surface area (Å²) >= 11 is 0. The Balaban J connectivity index is 1.58. The van der Waals surface area contributed by atoms with Crippen molar-refractivity contribution in [2.24, 2.45) is 4.99 Å². The lowest BCUT2D eigenvalue weighted by Crippen LogP contribution is -2.46. The zero-order valence-corrected chi connectivity index (χ0v) is 15.9. The van der Waals surface area contributed by atoms with Crippen molar-refractivity contribution in [2.45, 2.75) is 25.2 Å². The summed E-state index contributed by atoms with van der Waals surface area (Å²) < 4.78 is 5.38. The fourth-order valence-corrected chi connectivity index (χ4v) is 3.08. The molecule has 0 atom stereocenters. The standard InChI is InChI=1S/C18H27N7O2/c1-24(2)16(26)12-20-18(19-8-5-15-4-3-11-27-15)25-9-6-14(7-10-25)17-21-13-22-23-17/h3-4,11,13-14H,5-10,12H2,1-2H3,(H,19,20)(H,21,22,23). The van der Waals surface area contributed by atoms with Gasteiger partial charge in [-0.2, -0.15) is 5.10 Å². The highest BCUT2D eigenvalue weighted by atomic mass is 16.3. The molecule has 146 valence electrons. The number of aromatic amines is 1. The number of hydrogen-bond acceptors (Lipinski definition) is 5. The summed E-state index contributed by atoms with van der Waals surface area (Å²) in [5, 5.41) is 10.3. The summed E-state index contributed by atoms with van der Waals surface area (Å²) in [4.78, 5) is 24.5. The van der Waals surface area contributed by atoms with Gasteiger partial charge in [-0.1, -0.05) is 0 Å². The van der Waals surface area contributed by atoms with Gasteiger partial charge in [0, 0.05) is 46.1 Å². The lowest BCUT2D eigenvalue weighted by molar-refractivity contribution is -0.127. The number of carbonyl (C=O) groups is 1. The van der Waals surface area contributed by atoms with E-state index in [1.807, 2.05) is 12.1 Å². The number of amides is 1. The number of H-pyrrole nitrogens is 1. The average Bonchev–Trinajstić information content (AvgIpc) is 3.38. The Morgan fingerprint density at radius 1 is 1.44 bits per heavy atom. The Morgan fingerprint density at radius 2 is 2.26 bits per heavy atom. The fourth-order valence-electron chi connectivity index (χ4n) is 3.08. The number of carbonyl (C=O) groups excluding carboxylic acids is 1. The largest absolute Gasteiger partial charge is 0.469 e. The van der Waals surface area contributed by atoms with Gasteiger partial charge in [-0.3, -0.25) is 9.89 Å². The van der Waals surface area contributed by atoms with Gasteiger partial charge in [-0.05, 0) is 25.0 Å². The summed E-state index contributed by atoms with van der Waals surface area (Å²) in [6, 6.07) is 3.84. The maximum atomic E-state index is 11.9. The number of likely N-dealkylation sites (N-methyl/N-ethyl adjacent to an activating group) is 1. The molecule has 0 aromatic carbocycles. The minimum absolute atomic E-state index is 0.0168. The number of aromatic nitrogens is 3. The maximum Gasteiger partial charge on any atom is 0.243 e. The highest BCUT2D eigenvalue weighted by molar-refractivity contribution is 5.84. The number of aliphatic imine (C=N–C) groups is 1. The van der Waals surface area contributed by atoms with E-state index in [-0.39, 0.29) is 12.5 Å². The van der Waals surface area contributed by atoms with Crippen molar-refractivity contribution < 1.29 is 9.21 Å². The van der Waals surface area contributed by atoms with Gasteiger partial charge < -0.3 is 19.5 Å². The van der Waals surface area contributed by atoms with E-state index in [4.69, 9.17) is 4.42 Å². The predicted octanol–water partition coefficient (Wildman–Crippen LogP) is 0.854. The Morgan fingerprint density at radius 3 is 2.89 bits per heavy atom. The van der Waals surface area contributed by atoms with Crippen molar-refractivity contribution in [2.75, 3.05) is 40.3 Å². The number of guanidine groups is 1. The highest BCUT2D eigenvalue weighted by Gasteiger charge is 2.24. The molecule has 1 saturated heterocycles. The van der Waals surface area contributed by atoms with Crippen molar-refractivity contribution in [1.82, 2.24) is 30.3 Å². The number of likely N-dealkylation sites (tertiary alicyclic amines) is 1. The van der Waals surface area contributed by atoms with E-state index in [2.05, 4.69) is 30.4 Å². The van der Waals surface area contributed by atoms with Gasteiger partial charge in [0.05, 0.1) is 6.26 Å². The summed E-state index contributed by atoms with van der Waals surface area (Å²) in [6.45, 7) is 2.55. The molecule has 0 radical (unpaired) electrons. The van der Waals surface area contributed by atoms with Crippen LogP contribution in [0.4, 0.5) is 0 Å². The average molecular weight is 373 g/mol. The van der Waals surface area contributed by atoms with Gasteiger partial charge in [0.1, 0.15) is 24.5 Å². The molecule has 0 aliphatic carbocycles. The van der Waals surface area contributed by atoms with Crippen molar-refractivity contribution in [3.05, 3.63) is 36.3 Å². The summed E-state index contributed by atoms with van der Waals surface area (Å²) in [7, 11) is 3.48. The Kier molecular flexibility index (Phi) is 6.45. The van der Waals surface area contributed by atoms with Crippen LogP contribution in [0.2, 0.25) is 0 Å². The van der Waals surface area contributed by atoms with E-state index in [0.29, 0.717) is 12.5 Å². The van der Waals surface area contributed by atoms with Gasteiger partial charge in [0.15, 0.2) is 5.96 Å². The minimum Gasteiger partial charge on any atom is -0.469 e. The second kappa shape index (κ2) is 9.20. The molecule has 27 heavy (non-hydrogen) atoms. The molecule has 3 rings (SSSR count). The number of nitrogens with one attached hydrogen (secondary N) is 2. The number of hydrogen-bond donors (Lipinski definition) is 2. The molecule has 1 amide bonds. The van der Waals surface area contributed by atoms with Crippen LogP contribution >= 0.6 is 0 Å². The van der Waals surface area contributed by atoms with Crippen LogP contribution in [0.5, 0.6) is 0 Å². The van der Waals surface area contributed by atoms with Crippen LogP contribution in [0.3, 0.4) is 0 Å². The quantitative estimate of drug-likeness (QED) is 0.575. The van der Waals surface area contributed by atoms with Crippen molar-refractivity contribution in [3.63, 3.8) is 0 Å².